The molecule has 30 heavy (non-hydrogen) atoms. The second-order valence-corrected chi connectivity index (χ2v) is 8.73. The van der Waals surface area contributed by atoms with Gasteiger partial charge in [-0.2, -0.15) is 0 Å². The molecular weight excluding hydrogens is 396 g/mol. The molecule has 1 aromatic heterocycles. The zero-order valence-electron chi connectivity index (χ0n) is 17.5. The van der Waals surface area contributed by atoms with Crippen molar-refractivity contribution in [3.05, 3.63) is 47.5 Å². The van der Waals surface area contributed by atoms with Crippen molar-refractivity contribution in [2.75, 3.05) is 34.8 Å². The highest BCUT2D eigenvalue weighted by Crippen LogP contribution is 2.30. The molecule has 156 valence electrons. The quantitative estimate of drug-likeness (QED) is 0.638. The Bertz CT molecular complexity index is 1070. The number of anilines is 3. The molecule has 2 heterocycles. The van der Waals surface area contributed by atoms with Crippen molar-refractivity contribution in [3.8, 4) is 0 Å². The number of amides is 2. The molecule has 2 amide bonds. The summed E-state index contributed by atoms with van der Waals surface area (Å²) >= 11 is 1.63. The number of aryl methyl sites for hydroxylation is 1. The van der Waals surface area contributed by atoms with Gasteiger partial charge in [0.2, 0.25) is 11.8 Å². The van der Waals surface area contributed by atoms with Crippen LogP contribution in [0.3, 0.4) is 0 Å². The Morgan fingerprint density at radius 2 is 1.93 bits per heavy atom. The van der Waals surface area contributed by atoms with Crippen LogP contribution in [0.4, 0.5) is 17.1 Å². The van der Waals surface area contributed by atoms with Crippen molar-refractivity contribution in [2.45, 2.75) is 27.2 Å². The van der Waals surface area contributed by atoms with E-state index in [0.717, 1.165) is 45.4 Å². The molecule has 1 N–H and O–H groups in total. The number of hydrogen-bond donors (Lipinski definition) is 1. The van der Waals surface area contributed by atoms with Crippen LogP contribution in [0, 0.1) is 12.8 Å². The molecule has 1 atom stereocenters. The fourth-order valence-electron chi connectivity index (χ4n) is 3.92. The van der Waals surface area contributed by atoms with Gasteiger partial charge in [0, 0.05) is 43.1 Å². The maximum absolute atomic E-state index is 12.8. The molecule has 4 rings (SSSR count). The molecule has 0 spiro atoms. The molecule has 7 heteroatoms. The molecule has 1 aliphatic heterocycles. The van der Waals surface area contributed by atoms with E-state index in [0.29, 0.717) is 6.54 Å². The van der Waals surface area contributed by atoms with Gasteiger partial charge < -0.3 is 15.1 Å². The monoisotopic (exact) mass is 422 g/mol. The second kappa shape index (κ2) is 8.44. The van der Waals surface area contributed by atoms with Gasteiger partial charge in [0.25, 0.3) is 0 Å². The number of fused-ring (bicyclic) bond motifs is 1. The first-order valence-corrected chi connectivity index (χ1v) is 11.1. The van der Waals surface area contributed by atoms with Crippen molar-refractivity contribution in [1.29, 1.82) is 0 Å². The normalized spacial score (nSPS) is 16.3. The summed E-state index contributed by atoms with van der Waals surface area (Å²) in [5.74, 6) is -0.516. The van der Waals surface area contributed by atoms with E-state index in [9.17, 15) is 9.59 Å². The van der Waals surface area contributed by atoms with Gasteiger partial charge in [0.15, 0.2) is 0 Å². The van der Waals surface area contributed by atoms with Crippen LogP contribution in [0.1, 0.15) is 25.3 Å². The van der Waals surface area contributed by atoms with E-state index in [1.807, 2.05) is 49.4 Å². The van der Waals surface area contributed by atoms with Gasteiger partial charge in [-0.25, -0.2) is 4.98 Å². The predicted molar refractivity (Wildman–Crippen MR) is 123 cm³/mol. The van der Waals surface area contributed by atoms with E-state index in [4.69, 9.17) is 0 Å². The van der Waals surface area contributed by atoms with Gasteiger partial charge in [-0.05, 0) is 63.2 Å². The SMILES string of the molecule is CCN(CC)c1ccc(NC(=O)C2CC(=O)N(c3ccc4sc(C)nc4c3)C2)cc1. The first-order valence-electron chi connectivity index (χ1n) is 10.3. The third-order valence-corrected chi connectivity index (χ3v) is 6.50. The van der Waals surface area contributed by atoms with Crippen LogP contribution < -0.4 is 15.1 Å². The Hall–Kier alpha value is -2.93. The Morgan fingerprint density at radius 3 is 2.63 bits per heavy atom. The van der Waals surface area contributed by atoms with Gasteiger partial charge in [-0.3, -0.25) is 9.59 Å². The molecule has 1 saturated heterocycles. The van der Waals surface area contributed by atoms with Crippen molar-refractivity contribution in [3.63, 3.8) is 0 Å². The van der Waals surface area contributed by atoms with E-state index in [1.165, 1.54) is 0 Å². The molecule has 1 fully saturated rings. The van der Waals surface area contributed by atoms with Crippen LogP contribution in [-0.2, 0) is 9.59 Å². The lowest BCUT2D eigenvalue weighted by molar-refractivity contribution is -0.122. The number of carbonyl (C=O) groups excluding carboxylic acids is 2. The highest BCUT2D eigenvalue weighted by atomic mass is 32.1. The first-order chi connectivity index (χ1) is 14.5. The van der Waals surface area contributed by atoms with E-state index >= 15 is 0 Å². The third-order valence-electron chi connectivity index (χ3n) is 5.55. The maximum atomic E-state index is 12.8. The summed E-state index contributed by atoms with van der Waals surface area (Å²) in [6.45, 7) is 8.48. The van der Waals surface area contributed by atoms with Gasteiger partial charge >= 0.3 is 0 Å². The van der Waals surface area contributed by atoms with E-state index < -0.39 is 0 Å². The van der Waals surface area contributed by atoms with Crippen molar-refractivity contribution in [1.82, 2.24) is 4.98 Å². The van der Waals surface area contributed by atoms with Crippen molar-refractivity contribution < 1.29 is 9.59 Å². The minimum atomic E-state index is -0.368. The standard InChI is InChI=1S/C23H26N4O2S/c1-4-26(5-2)18-8-6-17(7-9-18)25-23(29)16-12-22(28)27(14-16)19-10-11-21-20(13-19)24-15(3)30-21/h6-11,13,16H,4-5,12,14H2,1-3H3,(H,25,29). The van der Waals surface area contributed by atoms with Gasteiger partial charge in [-0.1, -0.05) is 0 Å². The van der Waals surface area contributed by atoms with Crippen molar-refractivity contribution in [2.24, 2.45) is 5.92 Å². The highest BCUT2D eigenvalue weighted by Gasteiger charge is 2.35. The first kappa shape index (κ1) is 20.3. The van der Waals surface area contributed by atoms with Crippen LogP contribution in [0.25, 0.3) is 10.2 Å². The van der Waals surface area contributed by atoms with Gasteiger partial charge in [0.1, 0.15) is 0 Å². The van der Waals surface area contributed by atoms with E-state index in [2.05, 4.69) is 29.0 Å². The number of carbonyl (C=O) groups is 2. The minimum absolute atomic E-state index is 0.0293. The Morgan fingerprint density at radius 1 is 1.20 bits per heavy atom. The molecule has 0 radical (unpaired) electrons. The number of thiazole rings is 1. The molecule has 0 bridgehead atoms. The summed E-state index contributed by atoms with van der Waals surface area (Å²) in [7, 11) is 0. The summed E-state index contributed by atoms with van der Waals surface area (Å²) in [4.78, 5) is 33.8. The Balaban J connectivity index is 1.43. The van der Waals surface area contributed by atoms with Crippen LogP contribution in [0.5, 0.6) is 0 Å². The smallest absolute Gasteiger partial charge is 0.229 e. The molecule has 1 aliphatic rings. The van der Waals surface area contributed by atoms with Gasteiger partial charge in [0.05, 0.1) is 21.1 Å². The average molecular weight is 423 g/mol. The van der Waals surface area contributed by atoms with E-state index in [-0.39, 0.29) is 24.2 Å². The molecule has 6 nitrogen and oxygen atoms in total. The highest BCUT2D eigenvalue weighted by molar-refractivity contribution is 7.18. The topological polar surface area (TPSA) is 65.5 Å². The molecule has 2 aromatic carbocycles. The molecular formula is C23H26N4O2S. The Kier molecular flexibility index (Phi) is 5.72. The minimum Gasteiger partial charge on any atom is -0.372 e. The maximum Gasteiger partial charge on any atom is 0.229 e. The fraction of sp³-hybridized carbons (Fsp3) is 0.348. The van der Waals surface area contributed by atoms with E-state index in [1.54, 1.807) is 16.2 Å². The number of hydrogen-bond acceptors (Lipinski definition) is 5. The second-order valence-electron chi connectivity index (χ2n) is 7.50. The predicted octanol–water partition coefficient (Wildman–Crippen LogP) is 4.44. The summed E-state index contributed by atoms with van der Waals surface area (Å²) < 4.78 is 1.10. The van der Waals surface area contributed by atoms with Crippen LogP contribution in [-0.4, -0.2) is 36.4 Å². The van der Waals surface area contributed by atoms with Gasteiger partial charge in [-0.15, -0.1) is 11.3 Å². The number of rotatable bonds is 6. The van der Waals surface area contributed by atoms with Crippen molar-refractivity contribution >= 4 is 50.4 Å². The zero-order valence-corrected chi connectivity index (χ0v) is 18.3. The fourth-order valence-corrected chi connectivity index (χ4v) is 4.73. The lowest BCUT2D eigenvalue weighted by Crippen LogP contribution is -2.28. The summed E-state index contributed by atoms with van der Waals surface area (Å²) in [5.41, 5.74) is 3.58. The van der Waals surface area contributed by atoms with Crippen LogP contribution >= 0.6 is 11.3 Å². The largest absolute Gasteiger partial charge is 0.372 e. The third kappa shape index (κ3) is 4.03. The lowest BCUT2D eigenvalue weighted by Gasteiger charge is -2.21. The number of aromatic nitrogens is 1. The summed E-state index contributed by atoms with van der Waals surface area (Å²) in [6.07, 6.45) is 0.220. The number of nitrogens with one attached hydrogen (secondary N) is 1. The molecule has 1 unspecified atom stereocenters. The zero-order chi connectivity index (χ0) is 21.3. The summed E-state index contributed by atoms with van der Waals surface area (Å²) in [5, 5.41) is 3.96. The lowest BCUT2D eigenvalue weighted by atomic mass is 10.1. The average Bonchev–Trinajstić information content (AvgIpc) is 3.31. The summed E-state index contributed by atoms with van der Waals surface area (Å²) in [6, 6.07) is 13.7. The van der Waals surface area contributed by atoms with Crippen LogP contribution in [0.2, 0.25) is 0 Å². The molecule has 0 aliphatic carbocycles. The molecule has 0 saturated carbocycles. The molecule has 3 aromatic rings. The number of nitrogens with zero attached hydrogens (tertiary/aromatic N) is 3. The van der Waals surface area contributed by atoms with Crippen LogP contribution in [0.15, 0.2) is 42.5 Å². The Labute approximate surface area is 180 Å². The number of benzene rings is 2.